The van der Waals surface area contributed by atoms with E-state index in [9.17, 15) is 4.79 Å². The van der Waals surface area contributed by atoms with Gasteiger partial charge in [0.15, 0.2) is 0 Å². The van der Waals surface area contributed by atoms with Gasteiger partial charge in [-0.05, 0) is 62.0 Å². The lowest BCUT2D eigenvalue weighted by Gasteiger charge is -2.31. The second kappa shape index (κ2) is 6.61. The summed E-state index contributed by atoms with van der Waals surface area (Å²) in [5, 5.41) is 3.77. The van der Waals surface area contributed by atoms with Crippen molar-refractivity contribution < 1.29 is 4.79 Å². The van der Waals surface area contributed by atoms with Crippen LogP contribution in [0.2, 0.25) is 0 Å². The molecule has 0 spiro atoms. The average molecular weight is 354 g/mol. The number of ketones is 1. The van der Waals surface area contributed by atoms with E-state index in [1.807, 2.05) is 22.9 Å². The molecular formula is C19H22N4OS. The SMILES string of the molecule is CCN1CCC(c2c(N)[nH]c3ccc(C(=O)c4ccsc4)nc23)CC1. The number of likely N-dealkylation sites (tertiary alicyclic amines) is 1. The van der Waals surface area contributed by atoms with Gasteiger partial charge >= 0.3 is 0 Å². The maximum atomic E-state index is 12.6. The molecule has 0 aliphatic carbocycles. The van der Waals surface area contributed by atoms with Crippen molar-refractivity contribution >= 4 is 34.0 Å². The van der Waals surface area contributed by atoms with Crippen LogP contribution in [0.25, 0.3) is 11.0 Å². The highest BCUT2D eigenvalue weighted by Gasteiger charge is 2.26. The number of aromatic nitrogens is 2. The van der Waals surface area contributed by atoms with Crippen molar-refractivity contribution in [1.29, 1.82) is 0 Å². The molecule has 1 aliphatic heterocycles. The number of nitrogens with one attached hydrogen (secondary N) is 1. The highest BCUT2D eigenvalue weighted by atomic mass is 32.1. The summed E-state index contributed by atoms with van der Waals surface area (Å²) in [7, 11) is 0. The Kier molecular flexibility index (Phi) is 4.31. The number of nitrogen functional groups attached to an aromatic ring is 1. The third-order valence-electron chi connectivity index (χ3n) is 5.17. The molecule has 130 valence electrons. The quantitative estimate of drug-likeness (QED) is 0.702. The summed E-state index contributed by atoms with van der Waals surface area (Å²) in [6.07, 6.45) is 2.16. The first-order valence-corrected chi connectivity index (χ1v) is 9.69. The lowest BCUT2D eigenvalue weighted by Crippen LogP contribution is -2.32. The minimum Gasteiger partial charge on any atom is -0.385 e. The zero-order valence-corrected chi connectivity index (χ0v) is 15.1. The molecule has 0 aromatic carbocycles. The van der Waals surface area contributed by atoms with Gasteiger partial charge in [0.05, 0.1) is 11.0 Å². The highest BCUT2D eigenvalue weighted by Crippen LogP contribution is 2.36. The Hall–Kier alpha value is -2.18. The van der Waals surface area contributed by atoms with Gasteiger partial charge in [-0.15, -0.1) is 0 Å². The van der Waals surface area contributed by atoms with Crippen LogP contribution < -0.4 is 5.73 Å². The molecule has 0 bridgehead atoms. The fraction of sp³-hybridized carbons (Fsp3) is 0.368. The van der Waals surface area contributed by atoms with Gasteiger partial charge in [0.25, 0.3) is 0 Å². The Labute approximate surface area is 150 Å². The number of thiophene rings is 1. The van der Waals surface area contributed by atoms with Crippen molar-refractivity contribution in [1.82, 2.24) is 14.9 Å². The fourth-order valence-corrected chi connectivity index (χ4v) is 4.36. The van der Waals surface area contributed by atoms with Gasteiger partial charge in [-0.3, -0.25) is 4.79 Å². The van der Waals surface area contributed by atoms with Gasteiger partial charge in [-0.2, -0.15) is 11.3 Å². The monoisotopic (exact) mass is 354 g/mol. The molecule has 3 N–H and O–H groups in total. The molecule has 6 heteroatoms. The van der Waals surface area contributed by atoms with Gasteiger partial charge in [0.2, 0.25) is 5.78 Å². The van der Waals surface area contributed by atoms with Gasteiger partial charge in [0.1, 0.15) is 11.5 Å². The number of hydrogen-bond acceptors (Lipinski definition) is 5. The number of carbonyl (C=O) groups excluding carboxylic acids is 1. The number of carbonyl (C=O) groups is 1. The number of piperidine rings is 1. The van der Waals surface area contributed by atoms with Crippen LogP contribution in [0.5, 0.6) is 0 Å². The lowest BCUT2D eigenvalue weighted by atomic mass is 9.89. The summed E-state index contributed by atoms with van der Waals surface area (Å²) in [6.45, 7) is 5.46. The standard InChI is InChI=1S/C19H22N4OS/c1-2-23-8-5-12(6-9-23)16-17-14(22-19(16)20)3-4-15(21-17)18(24)13-7-10-25-11-13/h3-4,7,10-12,22H,2,5-6,8-9,20H2,1H3. The third kappa shape index (κ3) is 2.96. The van der Waals surface area contributed by atoms with Gasteiger partial charge in [0, 0.05) is 16.5 Å². The predicted octanol–water partition coefficient (Wildman–Crippen LogP) is 3.64. The smallest absolute Gasteiger partial charge is 0.212 e. The number of aromatic amines is 1. The van der Waals surface area contributed by atoms with Crippen LogP contribution in [-0.4, -0.2) is 40.3 Å². The molecule has 0 atom stereocenters. The predicted molar refractivity (Wildman–Crippen MR) is 102 cm³/mol. The first-order chi connectivity index (χ1) is 12.2. The number of nitrogens with zero attached hydrogens (tertiary/aromatic N) is 2. The van der Waals surface area contributed by atoms with Crippen molar-refractivity contribution in [2.75, 3.05) is 25.4 Å². The van der Waals surface area contributed by atoms with Crippen molar-refractivity contribution in [3.05, 3.63) is 45.8 Å². The third-order valence-corrected chi connectivity index (χ3v) is 5.85. The van der Waals surface area contributed by atoms with Crippen molar-refractivity contribution in [3.63, 3.8) is 0 Å². The molecule has 0 radical (unpaired) electrons. The number of pyridine rings is 1. The minimum atomic E-state index is -0.0327. The maximum absolute atomic E-state index is 12.6. The summed E-state index contributed by atoms with van der Waals surface area (Å²) in [6, 6.07) is 5.54. The first kappa shape index (κ1) is 16.3. The van der Waals surface area contributed by atoms with E-state index in [-0.39, 0.29) is 5.78 Å². The molecule has 3 aromatic heterocycles. The molecule has 3 aromatic rings. The van der Waals surface area contributed by atoms with Crippen LogP contribution in [0.3, 0.4) is 0 Å². The summed E-state index contributed by atoms with van der Waals surface area (Å²) in [4.78, 5) is 23.0. The number of H-pyrrole nitrogens is 1. The van der Waals surface area contributed by atoms with Crippen LogP contribution in [0.15, 0.2) is 29.0 Å². The van der Waals surface area contributed by atoms with Crippen molar-refractivity contribution in [2.24, 2.45) is 0 Å². The normalized spacial score (nSPS) is 16.5. The summed E-state index contributed by atoms with van der Waals surface area (Å²) in [5.74, 6) is 1.06. The Morgan fingerprint density at radius 2 is 2.16 bits per heavy atom. The molecule has 4 heterocycles. The van der Waals surface area contributed by atoms with E-state index < -0.39 is 0 Å². The molecule has 0 amide bonds. The second-order valence-corrected chi connectivity index (χ2v) is 7.37. The van der Waals surface area contributed by atoms with Gasteiger partial charge < -0.3 is 15.6 Å². The fourth-order valence-electron chi connectivity index (χ4n) is 3.72. The number of rotatable bonds is 4. The lowest BCUT2D eigenvalue weighted by molar-refractivity contribution is 0.103. The first-order valence-electron chi connectivity index (χ1n) is 8.74. The van der Waals surface area contributed by atoms with Crippen molar-refractivity contribution in [3.8, 4) is 0 Å². The number of fused-ring (bicyclic) bond motifs is 1. The van der Waals surface area contributed by atoms with E-state index in [2.05, 4.69) is 16.8 Å². The van der Waals surface area contributed by atoms with Gasteiger partial charge in [-0.1, -0.05) is 6.92 Å². The minimum absolute atomic E-state index is 0.0327. The largest absolute Gasteiger partial charge is 0.385 e. The van der Waals surface area contributed by atoms with Crippen LogP contribution in [0, 0.1) is 0 Å². The number of hydrogen-bond donors (Lipinski definition) is 2. The Morgan fingerprint density at radius 3 is 2.84 bits per heavy atom. The van der Waals surface area contributed by atoms with E-state index in [4.69, 9.17) is 10.7 Å². The zero-order chi connectivity index (χ0) is 17.4. The molecule has 4 rings (SSSR count). The highest BCUT2D eigenvalue weighted by molar-refractivity contribution is 7.08. The molecule has 1 saturated heterocycles. The van der Waals surface area contributed by atoms with Crippen LogP contribution in [0.1, 0.15) is 47.3 Å². The van der Waals surface area contributed by atoms with E-state index in [0.717, 1.165) is 49.1 Å². The zero-order valence-electron chi connectivity index (χ0n) is 14.3. The maximum Gasteiger partial charge on any atom is 0.212 e. The molecule has 0 saturated carbocycles. The Balaban J connectivity index is 1.71. The van der Waals surface area contributed by atoms with E-state index in [1.54, 1.807) is 6.07 Å². The second-order valence-electron chi connectivity index (χ2n) is 6.59. The molecule has 25 heavy (non-hydrogen) atoms. The van der Waals surface area contributed by atoms with Crippen LogP contribution >= 0.6 is 11.3 Å². The number of nitrogens with two attached hydrogens (primary N) is 1. The molecular weight excluding hydrogens is 332 g/mol. The van der Waals surface area contributed by atoms with Crippen LogP contribution in [0.4, 0.5) is 5.82 Å². The van der Waals surface area contributed by atoms with Gasteiger partial charge in [-0.25, -0.2) is 4.98 Å². The molecule has 1 aliphatic rings. The van der Waals surface area contributed by atoms with E-state index >= 15 is 0 Å². The Bertz CT molecular complexity index is 892. The van der Waals surface area contributed by atoms with E-state index in [0.29, 0.717) is 23.0 Å². The van der Waals surface area contributed by atoms with E-state index in [1.165, 1.54) is 11.3 Å². The molecule has 5 nitrogen and oxygen atoms in total. The molecule has 1 fully saturated rings. The summed E-state index contributed by atoms with van der Waals surface area (Å²) < 4.78 is 0. The summed E-state index contributed by atoms with van der Waals surface area (Å²) >= 11 is 1.52. The Morgan fingerprint density at radius 1 is 1.36 bits per heavy atom. The topological polar surface area (TPSA) is 75.0 Å². The summed E-state index contributed by atoms with van der Waals surface area (Å²) in [5.41, 5.74) is 10.3. The van der Waals surface area contributed by atoms with Crippen molar-refractivity contribution in [2.45, 2.75) is 25.7 Å². The van der Waals surface area contributed by atoms with Crippen LogP contribution in [-0.2, 0) is 0 Å². The number of anilines is 1. The molecule has 0 unspecified atom stereocenters. The average Bonchev–Trinajstić information content (AvgIpc) is 3.28.